The zero-order valence-corrected chi connectivity index (χ0v) is 13.3. The van der Waals surface area contributed by atoms with E-state index in [1.165, 1.54) is 19.3 Å². The van der Waals surface area contributed by atoms with Gasteiger partial charge in [-0.15, -0.1) is 0 Å². The van der Waals surface area contributed by atoms with Crippen LogP contribution in [0.25, 0.3) is 0 Å². The SMILES string of the molecule is C=C1C=C[C@@]2(C)C(=C1)CC[C@H]1[C@H]2CC[C@]2(C)C(=O)CC[C@H]12. The molecule has 21 heavy (non-hydrogen) atoms. The van der Waals surface area contributed by atoms with Crippen molar-refractivity contribution in [1.29, 1.82) is 0 Å². The lowest BCUT2D eigenvalue weighted by Gasteiger charge is -2.55. The van der Waals surface area contributed by atoms with E-state index in [0.29, 0.717) is 11.7 Å². The first-order chi connectivity index (χ1) is 9.95. The topological polar surface area (TPSA) is 17.1 Å². The van der Waals surface area contributed by atoms with Crippen molar-refractivity contribution in [2.75, 3.05) is 0 Å². The van der Waals surface area contributed by atoms with Crippen LogP contribution in [0, 0.1) is 28.6 Å². The minimum atomic E-state index is 0.000717. The number of Topliss-reactive ketones (excluding diaryl/α,β-unsaturated/α-hetero) is 1. The smallest absolute Gasteiger partial charge is 0.139 e. The standard InChI is InChI=1S/C20H26O/c1-13-8-10-19(2)14(12-13)4-5-15-16-6-7-18(21)20(16,3)11-9-17(15)19/h8,10,12,15-17H,1,4-7,9,11H2,2-3H3/t15-,16-,17-,19+,20+/m1/s1. The zero-order chi connectivity index (χ0) is 14.8. The third-order valence-corrected chi connectivity index (χ3v) is 7.36. The van der Waals surface area contributed by atoms with Crippen LogP contribution in [0.1, 0.15) is 52.4 Å². The molecule has 4 rings (SSSR count). The van der Waals surface area contributed by atoms with E-state index in [1.807, 2.05) is 0 Å². The predicted molar refractivity (Wildman–Crippen MR) is 85.8 cm³/mol. The normalized spacial score (nSPS) is 48.5. The molecule has 0 unspecified atom stereocenters. The van der Waals surface area contributed by atoms with Gasteiger partial charge in [-0.2, -0.15) is 0 Å². The van der Waals surface area contributed by atoms with Crippen molar-refractivity contribution >= 4 is 5.78 Å². The van der Waals surface area contributed by atoms with Gasteiger partial charge in [0.2, 0.25) is 0 Å². The number of allylic oxidation sites excluding steroid dienone is 5. The average Bonchev–Trinajstić information content (AvgIpc) is 2.76. The van der Waals surface area contributed by atoms with Gasteiger partial charge < -0.3 is 0 Å². The molecular formula is C20H26O. The number of carbonyl (C=O) groups is 1. The maximum absolute atomic E-state index is 12.4. The fourth-order valence-electron chi connectivity index (χ4n) is 6.05. The van der Waals surface area contributed by atoms with Gasteiger partial charge in [0, 0.05) is 17.3 Å². The molecule has 3 fully saturated rings. The number of rotatable bonds is 0. The summed E-state index contributed by atoms with van der Waals surface area (Å²) in [7, 11) is 0. The second-order valence-electron chi connectivity index (χ2n) is 8.19. The molecule has 3 saturated carbocycles. The average molecular weight is 282 g/mol. The fourth-order valence-corrected chi connectivity index (χ4v) is 6.05. The third kappa shape index (κ3) is 1.67. The van der Waals surface area contributed by atoms with Crippen LogP contribution in [0.15, 0.2) is 36.0 Å². The molecule has 0 heterocycles. The zero-order valence-electron chi connectivity index (χ0n) is 13.3. The minimum Gasteiger partial charge on any atom is -0.299 e. The Hall–Kier alpha value is -1.11. The summed E-state index contributed by atoms with van der Waals surface area (Å²) in [6.07, 6.45) is 13.7. The van der Waals surface area contributed by atoms with Crippen LogP contribution in [-0.4, -0.2) is 5.78 Å². The fraction of sp³-hybridized carbons (Fsp3) is 0.650. The van der Waals surface area contributed by atoms with E-state index in [-0.39, 0.29) is 10.8 Å². The van der Waals surface area contributed by atoms with Crippen molar-refractivity contribution in [3.63, 3.8) is 0 Å². The molecule has 0 radical (unpaired) electrons. The summed E-state index contributed by atoms with van der Waals surface area (Å²) < 4.78 is 0. The van der Waals surface area contributed by atoms with Gasteiger partial charge in [-0.1, -0.05) is 44.2 Å². The lowest BCUT2D eigenvalue weighted by atomic mass is 9.48. The van der Waals surface area contributed by atoms with Crippen molar-refractivity contribution in [1.82, 2.24) is 0 Å². The van der Waals surface area contributed by atoms with Crippen LogP contribution in [0.3, 0.4) is 0 Å². The molecule has 4 aliphatic carbocycles. The van der Waals surface area contributed by atoms with Crippen LogP contribution < -0.4 is 0 Å². The quantitative estimate of drug-likeness (QED) is 0.620. The third-order valence-electron chi connectivity index (χ3n) is 7.36. The van der Waals surface area contributed by atoms with Gasteiger partial charge in [0.15, 0.2) is 0 Å². The largest absolute Gasteiger partial charge is 0.299 e. The Bertz CT molecular complexity index is 581. The van der Waals surface area contributed by atoms with Gasteiger partial charge in [0.25, 0.3) is 0 Å². The maximum atomic E-state index is 12.4. The van der Waals surface area contributed by atoms with Gasteiger partial charge in [-0.25, -0.2) is 0 Å². The Labute approximate surface area is 128 Å². The Morgan fingerprint density at radius 3 is 2.76 bits per heavy atom. The Balaban J connectivity index is 1.72. The van der Waals surface area contributed by atoms with E-state index in [1.54, 1.807) is 5.57 Å². The number of carbonyl (C=O) groups excluding carboxylic acids is 1. The molecule has 0 N–H and O–H groups in total. The second kappa shape index (κ2) is 4.21. The van der Waals surface area contributed by atoms with Crippen LogP contribution in [0.5, 0.6) is 0 Å². The molecular weight excluding hydrogens is 256 g/mol. The molecule has 0 amide bonds. The van der Waals surface area contributed by atoms with Crippen LogP contribution >= 0.6 is 0 Å². The first kappa shape index (κ1) is 13.5. The van der Waals surface area contributed by atoms with Crippen molar-refractivity contribution in [2.45, 2.75) is 52.4 Å². The van der Waals surface area contributed by atoms with Crippen molar-refractivity contribution in [2.24, 2.45) is 28.6 Å². The van der Waals surface area contributed by atoms with Gasteiger partial charge >= 0.3 is 0 Å². The highest BCUT2D eigenvalue weighted by Crippen LogP contribution is 2.63. The van der Waals surface area contributed by atoms with Crippen molar-refractivity contribution < 1.29 is 4.79 Å². The van der Waals surface area contributed by atoms with E-state index < -0.39 is 0 Å². The summed E-state index contributed by atoms with van der Waals surface area (Å²) in [6, 6.07) is 0. The van der Waals surface area contributed by atoms with Crippen molar-refractivity contribution in [3.8, 4) is 0 Å². The molecule has 4 aliphatic rings. The lowest BCUT2D eigenvalue weighted by molar-refractivity contribution is -0.131. The maximum Gasteiger partial charge on any atom is 0.139 e. The monoisotopic (exact) mass is 282 g/mol. The molecule has 0 aromatic carbocycles. The van der Waals surface area contributed by atoms with E-state index in [2.05, 4.69) is 38.7 Å². The number of hydrogen-bond donors (Lipinski definition) is 0. The van der Waals surface area contributed by atoms with Crippen LogP contribution in [0.4, 0.5) is 0 Å². The van der Waals surface area contributed by atoms with Gasteiger partial charge in [0.1, 0.15) is 5.78 Å². The Kier molecular flexibility index (Phi) is 2.72. The highest BCUT2D eigenvalue weighted by molar-refractivity contribution is 5.87. The molecule has 0 aromatic heterocycles. The van der Waals surface area contributed by atoms with E-state index in [9.17, 15) is 4.79 Å². The number of hydrogen-bond acceptors (Lipinski definition) is 1. The van der Waals surface area contributed by atoms with Crippen molar-refractivity contribution in [3.05, 3.63) is 36.0 Å². The van der Waals surface area contributed by atoms with Crippen LogP contribution in [0.2, 0.25) is 0 Å². The van der Waals surface area contributed by atoms with E-state index >= 15 is 0 Å². The van der Waals surface area contributed by atoms with Gasteiger partial charge in [-0.3, -0.25) is 4.79 Å². The Morgan fingerprint density at radius 1 is 1.14 bits per heavy atom. The molecule has 0 spiro atoms. The summed E-state index contributed by atoms with van der Waals surface area (Å²) in [6.45, 7) is 8.79. The number of ketones is 1. The molecule has 1 nitrogen and oxygen atoms in total. The summed E-state index contributed by atoms with van der Waals surface area (Å²) in [5.74, 6) is 2.66. The van der Waals surface area contributed by atoms with E-state index in [4.69, 9.17) is 0 Å². The summed E-state index contributed by atoms with van der Waals surface area (Å²) >= 11 is 0. The number of fused-ring (bicyclic) bond motifs is 5. The summed E-state index contributed by atoms with van der Waals surface area (Å²) in [4.78, 5) is 12.4. The van der Waals surface area contributed by atoms with Gasteiger partial charge in [-0.05, 0) is 55.4 Å². The van der Waals surface area contributed by atoms with Gasteiger partial charge in [0.05, 0.1) is 0 Å². The van der Waals surface area contributed by atoms with E-state index in [0.717, 1.165) is 36.7 Å². The molecule has 1 heteroatoms. The Morgan fingerprint density at radius 2 is 1.95 bits per heavy atom. The van der Waals surface area contributed by atoms with Crippen LogP contribution in [-0.2, 0) is 4.79 Å². The molecule has 0 aliphatic heterocycles. The predicted octanol–water partition coefficient (Wildman–Crippen LogP) is 4.85. The molecule has 0 saturated heterocycles. The molecule has 5 atom stereocenters. The first-order valence-electron chi connectivity index (χ1n) is 8.58. The molecule has 0 aromatic rings. The minimum absolute atomic E-state index is 0.000717. The summed E-state index contributed by atoms with van der Waals surface area (Å²) in [5.41, 5.74) is 2.96. The first-order valence-corrected chi connectivity index (χ1v) is 8.58. The highest BCUT2D eigenvalue weighted by Gasteiger charge is 2.58. The highest BCUT2D eigenvalue weighted by atomic mass is 16.1. The molecule has 112 valence electrons. The second-order valence-corrected chi connectivity index (χ2v) is 8.19. The summed E-state index contributed by atoms with van der Waals surface area (Å²) in [5, 5.41) is 0. The lowest BCUT2D eigenvalue weighted by Crippen LogP contribution is -2.49. The molecule has 0 bridgehead atoms.